The summed E-state index contributed by atoms with van der Waals surface area (Å²) in [5.74, 6) is 1.13. The van der Waals surface area contributed by atoms with Gasteiger partial charge in [-0.3, -0.25) is 0 Å². The zero-order chi connectivity index (χ0) is 18.1. The van der Waals surface area contributed by atoms with Gasteiger partial charge in [0.05, 0.1) is 17.3 Å². The van der Waals surface area contributed by atoms with Crippen molar-refractivity contribution in [1.82, 2.24) is 24.8 Å². The number of aryl methyl sites for hydroxylation is 1. The second-order valence-electron chi connectivity index (χ2n) is 5.67. The van der Waals surface area contributed by atoms with Crippen molar-refractivity contribution in [1.29, 1.82) is 0 Å². The number of nitrogens with zero attached hydrogens (tertiary/aromatic N) is 5. The molecule has 130 valence electrons. The summed E-state index contributed by atoms with van der Waals surface area (Å²) >= 11 is 6.13. The number of hydrogen-bond donors (Lipinski definition) is 0. The van der Waals surface area contributed by atoms with Gasteiger partial charge in [-0.05, 0) is 41.6 Å². The summed E-state index contributed by atoms with van der Waals surface area (Å²) in [5, 5.41) is 8.26. The Kier molecular flexibility index (Phi) is 4.14. The molecule has 4 rings (SSSR count). The first-order valence-corrected chi connectivity index (χ1v) is 8.31. The average molecular weight is 368 g/mol. The summed E-state index contributed by atoms with van der Waals surface area (Å²) in [6.45, 7) is 1.96. The quantitative estimate of drug-likeness (QED) is 0.553. The van der Waals surface area contributed by atoms with Crippen molar-refractivity contribution in [3.8, 4) is 17.1 Å². The van der Waals surface area contributed by atoms with Gasteiger partial charge in [0.1, 0.15) is 11.5 Å². The number of rotatable bonds is 4. The molecule has 0 atom stereocenters. The molecule has 0 aliphatic heterocycles. The first-order valence-electron chi connectivity index (χ1n) is 7.93. The monoisotopic (exact) mass is 367 g/mol. The lowest BCUT2D eigenvalue weighted by atomic mass is 10.2. The SMILES string of the molecule is Cc1oc(-c2ccccc2)nc1Cn1nnn(-c2ccccc2Cl)c1=O. The number of hydrogen-bond acceptors (Lipinski definition) is 5. The summed E-state index contributed by atoms with van der Waals surface area (Å²) in [6, 6.07) is 16.5. The Bertz CT molecular complexity index is 1110. The standard InChI is InChI=1S/C18H14ClN5O2/c1-12-15(20-17(26-12)13-7-3-2-4-8-13)11-23-18(25)24(22-21-23)16-10-6-5-9-14(16)19/h2-10H,11H2,1H3. The van der Waals surface area contributed by atoms with Crippen LogP contribution in [0.25, 0.3) is 17.1 Å². The summed E-state index contributed by atoms with van der Waals surface area (Å²) in [7, 11) is 0. The van der Waals surface area contributed by atoms with E-state index in [1.165, 1.54) is 4.68 Å². The van der Waals surface area contributed by atoms with Crippen molar-refractivity contribution in [3.05, 3.63) is 81.6 Å². The number of tetrazole rings is 1. The molecule has 0 aliphatic carbocycles. The van der Waals surface area contributed by atoms with Gasteiger partial charge in [0.2, 0.25) is 5.89 Å². The lowest BCUT2D eigenvalue weighted by Crippen LogP contribution is -2.25. The predicted molar refractivity (Wildman–Crippen MR) is 96.4 cm³/mol. The van der Waals surface area contributed by atoms with E-state index < -0.39 is 5.69 Å². The second-order valence-corrected chi connectivity index (χ2v) is 6.08. The minimum Gasteiger partial charge on any atom is -0.441 e. The van der Waals surface area contributed by atoms with Gasteiger partial charge in [-0.2, -0.15) is 9.36 Å². The molecule has 7 nitrogen and oxygen atoms in total. The minimum absolute atomic E-state index is 0.158. The highest BCUT2D eigenvalue weighted by Crippen LogP contribution is 2.21. The maximum atomic E-state index is 12.6. The van der Waals surface area contributed by atoms with E-state index in [4.69, 9.17) is 16.0 Å². The number of oxazole rings is 1. The van der Waals surface area contributed by atoms with Crippen LogP contribution >= 0.6 is 11.6 Å². The third-order valence-electron chi connectivity index (χ3n) is 3.93. The van der Waals surface area contributed by atoms with Crippen molar-refractivity contribution in [2.24, 2.45) is 0 Å². The van der Waals surface area contributed by atoms with Gasteiger partial charge in [0.15, 0.2) is 0 Å². The van der Waals surface area contributed by atoms with Gasteiger partial charge in [0, 0.05) is 5.56 Å². The predicted octanol–water partition coefficient (Wildman–Crippen LogP) is 3.09. The van der Waals surface area contributed by atoms with Gasteiger partial charge < -0.3 is 4.42 Å². The van der Waals surface area contributed by atoms with Crippen molar-refractivity contribution >= 4 is 11.6 Å². The Morgan fingerprint density at radius 1 is 1.04 bits per heavy atom. The largest absolute Gasteiger partial charge is 0.441 e. The number of aromatic nitrogens is 5. The molecule has 0 radical (unpaired) electrons. The van der Waals surface area contributed by atoms with Crippen LogP contribution in [-0.4, -0.2) is 24.8 Å². The van der Waals surface area contributed by atoms with E-state index >= 15 is 0 Å². The fourth-order valence-electron chi connectivity index (χ4n) is 2.57. The van der Waals surface area contributed by atoms with E-state index in [0.29, 0.717) is 28.1 Å². The Morgan fingerprint density at radius 2 is 1.77 bits per heavy atom. The molecule has 2 heterocycles. The minimum atomic E-state index is -0.401. The Balaban J connectivity index is 1.66. The summed E-state index contributed by atoms with van der Waals surface area (Å²) < 4.78 is 8.11. The number of benzene rings is 2. The number of para-hydroxylation sites is 1. The molecule has 8 heteroatoms. The molecule has 0 saturated heterocycles. The first-order chi connectivity index (χ1) is 12.6. The van der Waals surface area contributed by atoms with Crippen LogP contribution in [0, 0.1) is 6.92 Å². The zero-order valence-electron chi connectivity index (χ0n) is 13.8. The molecule has 2 aromatic carbocycles. The maximum Gasteiger partial charge on any atom is 0.368 e. The molecule has 0 saturated carbocycles. The molecular weight excluding hydrogens is 354 g/mol. The molecule has 0 aliphatic rings. The summed E-state index contributed by atoms with van der Waals surface area (Å²) in [4.78, 5) is 17.1. The maximum absolute atomic E-state index is 12.6. The first kappa shape index (κ1) is 16.3. The molecule has 26 heavy (non-hydrogen) atoms. The van der Waals surface area contributed by atoms with E-state index in [9.17, 15) is 4.79 Å². The highest BCUT2D eigenvalue weighted by atomic mass is 35.5. The molecule has 0 amide bonds. The van der Waals surface area contributed by atoms with E-state index in [1.54, 1.807) is 31.2 Å². The topological polar surface area (TPSA) is 78.7 Å². The Morgan fingerprint density at radius 3 is 2.54 bits per heavy atom. The van der Waals surface area contributed by atoms with Crippen LogP contribution in [0.15, 0.2) is 63.8 Å². The van der Waals surface area contributed by atoms with Gasteiger partial charge in [-0.1, -0.05) is 41.9 Å². The van der Waals surface area contributed by atoms with Crippen molar-refractivity contribution in [2.45, 2.75) is 13.5 Å². The second kappa shape index (κ2) is 6.61. The highest BCUT2D eigenvalue weighted by molar-refractivity contribution is 6.32. The van der Waals surface area contributed by atoms with Crippen LogP contribution in [-0.2, 0) is 6.54 Å². The van der Waals surface area contributed by atoms with Crippen LogP contribution < -0.4 is 5.69 Å². The Labute approximate surface area is 153 Å². The highest BCUT2D eigenvalue weighted by Gasteiger charge is 2.16. The van der Waals surface area contributed by atoms with Gasteiger partial charge >= 0.3 is 5.69 Å². The van der Waals surface area contributed by atoms with E-state index in [-0.39, 0.29) is 6.54 Å². The summed E-state index contributed by atoms with van der Waals surface area (Å²) in [5.41, 5.74) is 1.57. The molecule has 0 N–H and O–H groups in total. The van der Waals surface area contributed by atoms with Crippen LogP contribution in [0.4, 0.5) is 0 Å². The van der Waals surface area contributed by atoms with Crippen LogP contribution in [0.5, 0.6) is 0 Å². The molecule has 2 aromatic heterocycles. The molecule has 0 spiro atoms. The zero-order valence-corrected chi connectivity index (χ0v) is 14.6. The lowest BCUT2D eigenvalue weighted by Gasteiger charge is -2.00. The fourth-order valence-corrected chi connectivity index (χ4v) is 2.78. The molecule has 0 bridgehead atoms. The third-order valence-corrected chi connectivity index (χ3v) is 4.25. The van der Waals surface area contributed by atoms with Crippen LogP contribution in [0.1, 0.15) is 11.5 Å². The van der Waals surface area contributed by atoms with Crippen molar-refractivity contribution in [2.75, 3.05) is 0 Å². The van der Waals surface area contributed by atoms with Crippen LogP contribution in [0.2, 0.25) is 5.02 Å². The van der Waals surface area contributed by atoms with Gasteiger partial charge in [-0.25, -0.2) is 9.78 Å². The van der Waals surface area contributed by atoms with Gasteiger partial charge in [0.25, 0.3) is 0 Å². The van der Waals surface area contributed by atoms with Crippen molar-refractivity contribution < 1.29 is 4.42 Å². The van der Waals surface area contributed by atoms with Gasteiger partial charge in [-0.15, -0.1) is 0 Å². The fraction of sp³-hybridized carbons (Fsp3) is 0.111. The Hall–Kier alpha value is -3.19. The van der Waals surface area contributed by atoms with Crippen molar-refractivity contribution in [3.63, 3.8) is 0 Å². The normalized spacial score (nSPS) is 11.0. The lowest BCUT2D eigenvalue weighted by molar-refractivity contribution is 0.534. The summed E-state index contributed by atoms with van der Waals surface area (Å²) in [6.07, 6.45) is 0. The number of halogens is 1. The van der Waals surface area contributed by atoms with Crippen LogP contribution in [0.3, 0.4) is 0 Å². The van der Waals surface area contributed by atoms with E-state index in [2.05, 4.69) is 15.4 Å². The smallest absolute Gasteiger partial charge is 0.368 e. The molecule has 4 aromatic rings. The molecule has 0 fully saturated rings. The molecular formula is C18H14ClN5O2. The van der Waals surface area contributed by atoms with E-state index in [1.807, 2.05) is 30.3 Å². The molecule has 0 unspecified atom stereocenters. The average Bonchev–Trinajstić information content (AvgIpc) is 3.20. The van der Waals surface area contributed by atoms with E-state index in [0.717, 1.165) is 10.2 Å². The third kappa shape index (κ3) is 2.93.